The van der Waals surface area contributed by atoms with Crippen LogP contribution in [0.2, 0.25) is 0 Å². The fraction of sp³-hybridized carbons (Fsp3) is 0.364. The molecule has 1 N–H and O–H groups in total. The molecule has 5 nitrogen and oxygen atoms in total. The predicted octanol–water partition coefficient (Wildman–Crippen LogP) is 1.97. The first-order valence-corrected chi connectivity index (χ1v) is 6.30. The Morgan fingerprint density at radius 2 is 2.06 bits per heavy atom. The van der Waals surface area contributed by atoms with Crippen molar-refractivity contribution in [2.75, 3.05) is 5.75 Å². The van der Waals surface area contributed by atoms with Crippen LogP contribution in [0.1, 0.15) is 12.8 Å². The Hall–Kier alpha value is -1.56. The molecule has 1 aromatic carbocycles. The number of nitrogens with one attached hydrogen (secondary N) is 1. The number of carbonyl (C=O) groups excluding carboxylic acids is 1. The molecule has 0 aromatic heterocycles. The molecule has 1 amide bonds. The normalized spacial score (nSPS) is 14.4. The van der Waals surface area contributed by atoms with E-state index in [1.54, 1.807) is 12.1 Å². The molecule has 1 aliphatic rings. The molecule has 90 valence electrons. The summed E-state index contributed by atoms with van der Waals surface area (Å²) in [4.78, 5) is 22.3. The van der Waals surface area contributed by atoms with Crippen molar-refractivity contribution in [2.24, 2.45) is 0 Å². The number of nitrogens with zero attached hydrogens (tertiary/aromatic N) is 1. The van der Waals surface area contributed by atoms with Crippen LogP contribution < -0.4 is 5.32 Å². The summed E-state index contributed by atoms with van der Waals surface area (Å²) < 4.78 is 0. The minimum absolute atomic E-state index is 0.0239. The highest BCUT2D eigenvalue weighted by Gasteiger charge is 2.22. The van der Waals surface area contributed by atoms with E-state index in [-0.39, 0.29) is 11.6 Å². The highest BCUT2D eigenvalue weighted by atomic mass is 32.2. The lowest BCUT2D eigenvalue weighted by molar-refractivity contribution is -0.384. The molecule has 17 heavy (non-hydrogen) atoms. The molecule has 1 aromatic rings. The highest BCUT2D eigenvalue weighted by Crippen LogP contribution is 2.22. The Kier molecular flexibility index (Phi) is 3.63. The first-order chi connectivity index (χ1) is 8.15. The maximum absolute atomic E-state index is 11.4. The van der Waals surface area contributed by atoms with Crippen molar-refractivity contribution in [3.05, 3.63) is 34.4 Å². The molecule has 0 spiro atoms. The third-order valence-electron chi connectivity index (χ3n) is 2.36. The van der Waals surface area contributed by atoms with Gasteiger partial charge in [0.2, 0.25) is 5.91 Å². The number of non-ortho nitro benzene ring substituents is 1. The quantitative estimate of drug-likeness (QED) is 0.494. The Morgan fingerprint density at radius 1 is 1.41 bits per heavy atom. The summed E-state index contributed by atoms with van der Waals surface area (Å²) in [5.74, 6) is 0.379. The second-order valence-corrected chi connectivity index (χ2v) is 4.93. The van der Waals surface area contributed by atoms with E-state index in [1.165, 1.54) is 23.9 Å². The second kappa shape index (κ2) is 5.18. The van der Waals surface area contributed by atoms with E-state index in [4.69, 9.17) is 0 Å². The van der Waals surface area contributed by atoms with Gasteiger partial charge in [-0.05, 0) is 25.0 Å². The zero-order valence-corrected chi connectivity index (χ0v) is 9.90. The van der Waals surface area contributed by atoms with Crippen LogP contribution in [0, 0.1) is 10.1 Å². The van der Waals surface area contributed by atoms with Crippen molar-refractivity contribution in [3.63, 3.8) is 0 Å². The van der Waals surface area contributed by atoms with Crippen LogP contribution in [0.25, 0.3) is 0 Å². The number of thioether (sulfide) groups is 1. The van der Waals surface area contributed by atoms with Gasteiger partial charge in [0.25, 0.3) is 5.69 Å². The number of benzene rings is 1. The van der Waals surface area contributed by atoms with Gasteiger partial charge in [0, 0.05) is 23.1 Å². The average molecular weight is 252 g/mol. The van der Waals surface area contributed by atoms with E-state index < -0.39 is 4.92 Å². The van der Waals surface area contributed by atoms with Crippen LogP contribution in [-0.2, 0) is 4.79 Å². The topological polar surface area (TPSA) is 72.2 Å². The predicted molar refractivity (Wildman–Crippen MR) is 65.0 cm³/mol. The number of hydrogen-bond donors (Lipinski definition) is 1. The Bertz CT molecular complexity index is 429. The summed E-state index contributed by atoms with van der Waals surface area (Å²) in [5.41, 5.74) is 0.0665. The van der Waals surface area contributed by atoms with Crippen LogP contribution in [0.15, 0.2) is 29.2 Å². The van der Waals surface area contributed by atoms with Gasteiger partial charge in [-0.2, -0.15) is 0 Å². The lowest BCUT2D eigenvalue weighted by atomic mass is 10.3. The minimum atomic E-state index is -0.436. The lowest BCUT2D eigenvalue weighted by Crippen LogP contribution is -2.26. The third-order valence-corrected chi connectivity index (χ3v) is 3.37. The van der Waals surface area contributed by atoms with Gasteiger partial charge >= 0.3 is 0 Å². The summed E-state index contributed by atoms with van der Waals surface area (Å²) in [6.45, 7) is 0. The van der Waals surface area contributed by atoms with Gasteiger partial charge in [-0.15, -0.1) is 11.8 Å². The molecule has 6 heteroatoms. The van der Waals surface area contributed by atoms with E-state index in [2.05, 4.69) is 5.32 Å². The first-order valence-electron chi connectivity index (χ1n) is 5.32. The summed E-state index contributed by atoms with van der Waals surface area (Å²) in [6, 6.07) is 6.59. The number of nitro benzene ring substituents is 1. The van der Waals surface area contributed by atoms with Gasteiger partial charge in [0.15, 0.2) is 0 Å². The van der Waals surface area contributed by atoms with Crippen molar-refractivity contribution < 1.29 is 9.72 Å². The maximum atomic E-state index is 11.4. The molecule has 0 saturated heterocycles. The third kappa shape index (κ3) is 3.74. The molecule has 1 aliphatic carbocycles. The molecule has 0 unspecified atom stereocenters. The van der Waals surface area contributed by atoms with Crippen molar-refractivity contribution in [1.82, 2.24) is 5.32 Å². The van der Waals surface area contributed by atoms with Crippen LogP contribution in [0.5, 0.6) is 0 Å². The molecule has 1 fully saturated rings. The maximum Gasteiger partial charge on any atom is 0.269 e. The van der Waals surface area contributed by atoms with E-state index in [0.717, 1.165) is 17.7 Å². The molecule has 0 heterocycles. The SMILES string of the molecule is O=C(CSc1ccc([N+](=O)[O-])cc1)NC1CC1. The van der Waals surface area contributed by atoms with Gasteiger partial charge in [-0.1, -0.05) is 0 Å². The van der Waals surface area contributed by atoms with Crippen molar-refractivity contribution >= 4 is 23.4 Å². The molecular formula is C11H12N2O3S. The van der Waals surface area contributed by atoms with Gasteiger partial charge < -0.3 is 5.32 Å². The number of carbonyl (C=O) groups is 1. The van der Waals surface area contributed by atoms with Crippen LogP contribution in [0.3, 0.4) is 0 Å². The second-order valence-electron chi connectivity index (χ2n) is 3.88. The van der Waals surface area contributed by atoms with Crippen LogP contribution in [-0.4, -0.2) is 22.6 Å². The molecular weight excluding hydrogens is 240 g/mol. The Labute approximate surface area is 103 Å². The largest absolute Gasteiger partial charge is 0.353 e. The molecule has 0 radical (unpaired) electrons. The Morgan fingerprint density at radius 3 is 2.59 bits per heavy atom. The van der Waals surface area contributed by atoms with Gasteiger partial charge in [-0.25, -0.2) is 0 Å². The van der Waals surface area contributed by atoms with Gasteiger partial charge in [0.05, 0.1) is 10.7 Å². The minimum Gasteiger partial charge on any atom is -0.353 e. The zero-order valence-electron chi connectivity index (χ0n) is 9.09. The number of hydrogen-bond acceptors (Lipinski definition) is 4. The average Bonchev–Trinajstić information content (AvgIpc) is 3.11. The molecule has 2 rings (SSSR count). The summed E-state index contributed by atoms with van der Waals surface area (Å²) in [6.07, 6.45) is 2.15. The number of amides is 1. The standard InChI is InChI=1S/C11H12N2O3S/c14-11(12-8-1-2-8)7-17-10-5-3-9(4-6-10)13(15)16/h3-6,8H,1-2,7H2,(H,12,14). The van der Waals surface area contributed by atoms with E-state index in [0.29, 0.717) is 11.8 Å². The monoisotopic (exact) mass is 252 g/mol. The van der Waals surface area contributed by atoms with Crippen molar-refractivity contribution in [3.8, 4) is 0 Å². The number of nitro groups is 1. The zero-order chi connectivity index (χ0) is 12.3. The van der Waals surface area contributed by atoms with Gasteiger partial charge in [0.1, 0.15) is 0 Å². The van der Waals surface area contributed by atoms with E-state index >= 15 is 0 Å². The summed E-state index contributed by atoms with van der Waals surface area (Å²) in [5, 5.41) is 13.3. The van der Waals surface area contributed by atoms with E-state index in [9.17, 15) is 14.9 Å². The molecule has 0 atom stereocenters. The fourth-order valence-corrected chi connectivity index (χ4v) is 2.02. The van der Waals surface area contributed by atoms with Crippen LogP contribution in [0.4, 0.5) is 5.69 Å². The smallest absolute Gasteiger partial charge is 0.269 e. The van der Waals surface area contributed by atoms with Gasteiger partial charge in [-0.3, -0.25) is 14.9 Å². The lowest BCUT2D eigenvalue weighted by Gasteiger charge is -2.02. The van der Waals surface area contributed by atoms with E-state index in [1.807, 2.05) is 0 Å². The Balaban J connectivity index is 1.81. The molecule has 0 bridgehead atoms. The highest BCUT2D eigenvalue weighted by molar-refractivity contribution is 8.00. The summed E-state index contributed by atoms with van der Waals surface area (Å²) >= 11 is 1.38. The summed E-state index contributed by atoms with van der Waals surface area (Å²) in [7, 11) is 0. The van der Waals surface area contributed by atoms with Crippen molar-refractivity contribution in [1.29, 1.82) is 0 Å². The molecule has 0 aliphatic heterocycles. The van der Waals surface area contributed by atoms with Crippen molar-refractivity contribution in [2.45, 2.75) is 23.8 Å². The number of rotatable bonds is 5. The molecule has 1 saturated carbocycles. The fourth-order valence-electron chi connectivity index (χ4n) is 1.31. The van der Waals surface area contributed by atoms with Crippen LogP contribution >= 0.6 is 11.8 Å². The first kappa shape index (κ1) is 11.9.